The van der Waals surface area contributed by atoms with Crippen LogP contribution in [0.1, 0.15) is 0 Å². The number of fused-ring (bicyclic) bond motifs is 1. The van der Waals surface area contributed by atoms with Crippen LogP contribution in [0.4, 0.5) is 68.2 Å². The minimum absolute atomic E-state index is 1.07. The van der Waals surface area contributed by atoms with Gasteiger partial charge < -0.3 is 19.6 Å². The van der Waals surface area contributed by atoms with Crippen LogP contribution < -0.4 is 19.6 Å². The fourth-order valence-electron chi connectivity index (χ4n) is 8.38. The van der Waals surface area contributed by atoms with E-state index in [2.05, 4.69) is 287 Å². The molecule has 0 radical (unpaired) electrons. The number of rotatable bonds is 12. The van der Waals surface area contributed by atoms with Gasteiger partial charge in [0.2, 0.25) is 0 Å². The highest BCUT2D eigenvalue weighted by molar-refractivity contribution is 6.07. The summed E-state index contributed by atoms with van der Waals surface area (Å²) in [5.41, 5.74) is 13.1. The number of benzene rings is 10. The first-order chi connectivity index (χ1) is 30.8. The molecule has 0 heterocycles. The summed E-state index contributed by atoms with van der Waals surface area (Å²) in [5, 5.41) is 2.29. The maximum atomic E-state index is 2.37. The lowest BCUT2D eigenvalue weighted by Gasteiger charge is -2.31. The molecular weight excluding hydrogens is 753 g/mol. The third-order valence-corrected chi connectivity index (χ3v) is 11.2. The molecule has 0 aromatic heterocycles. The van der Waals surface area contributed by atoms with E-state index >= 15 is 0 Å². The predicted octanol–water partition coefficient (Wildman–Crippen LogP) is 16.7. The van der Waals surface area contributed by atoms with Gasteiger partial charge in [-0.3, -0.25) is 0 Å². The average Bonchev–Trinajstić information content (AvgIpc) is 3.35. The highest BCUT2D eigenvalue weighted by Gasteiger charge is 2.21. The monoisotopic (exact) mass is 796 g/mol. The van der Waals surface area contributed by atoms with Crippen molar-refractivity contribution in [1.29, 1.82) is 0 Å². The Morgan fingerprint density at radius 1 is 0.145 bits per heavy atom. The second-order valence-electron chi connectivity index (χ2n) is 15.0. The van der Waals surface area contributed by atoms with Gasteiger partial charge in [-0.25, -0.2) is 0 Å². The SMILES string of the molecule is c1ccc(N(c2ccccc2)c2ccc(N(c3ccccc3)c3cccc4c(N(c5ccccc5)c5ccc(N(c6ccccc6)c6ccccc6)cc5)cccc34)cc2)cc1. The minimum atomic E-state index is 1.07. The third kappa shape index (κ3) is 7.65. The van der Waals surface area contributed by atoms with Crippen molar-refractivity contribution in [2.24, 2.45) is 0 Å². The second-order valence-corrected chi connectivity index (χ2v) is 15.0. The van der Waals surface area contributed by atoms with Crippen molar-refractivity contribution in [1.82, 2.24) is 0 Å². The van der Waals surface area contributed by atoms with E-state index in [0.29, 0.717) is 0 Å². The van der Waals surface area contributed by atoms with E-state index in [-0.39, 0.29) is 0 Å². The summed E-state index contributed by atoms with van der Waals surface area (Å²) in [7, 11) is 0. The van der Waals surface area contributed by atoms with Crippen LogP contribution in [0.25, 0.3) is 10.8 Å². The van der Waals surface area contributed by atoms with Gasteiger partial charge in [-0.15, -0.1) is 0 Å². The molecule has 4 heteroatoms. The molecule has 0 fully saturated rings. The zero-order valence-electron chi connectivity index (χ0n) is 34.2. The first kappa shape index (κ1) is 37.9. The van der Waals surface area contributed by atoms with E-state index in [9.17, 15) is 0 Å². The van der Waals surface area contributed by atoms with E-state index in [1.165, 1.54) is 0 Å². The summed E-state index contributed by atoms with van der Waals surface area (Å²) in [6, 6.07) is 94.6. The molecule has 4 nitrogen and oxygen atoms in total. The van der Waals surface area contributed by atoms with Gasteiger partial charge in [-0.05, 0) is 133 Å². The van der Waals surface area contributed by atoms with Crippen LogP contribution in [0, 0.1) is 0 Å². The summed E-state index contributed by atoms with van der Waals surface area (Å²) in [5.74, 6) is 0. The van der Waals surface area contributed by atoms with Crippen LogP contribution in [0.5, 0.6) is 0 Å². The van der Waals surface area contributed by atoms with E-state index in [4.69, 9.17) is 0 Å². The zero-order valence-corrected chi connectivity index (χ0v) is 34.2. The van der Waals surface area contributed by atoms with Crippen LogP contribution in [0.15, 0.2) is 267 Å². The van der Waals surface area contributed by atoms with Crippen molar-refractivity contribution in [3.8, 4) is 0 Å². The fourth-order valence-corrected chi connectivity index (χ4v) is 8.38. The molecule has 10 aromatic carbocycles. The van der Waals surface area contributed by atoms with E-state index < -0.39 is 0 Å². The molecule has 10 aromatic rings. The Kier molecular flexibility index (Phi) is 10.7. The summed E-state index contributed by atoms with van der Waals surface area (Å²) in [6.07, 6.45) is 0. The number of hydrogen-bond donors (Lipinski definition) is 0. The number of nitrogens with zero attached hydrogens (tertiary/aromatic N) is 4. The summed E-state index contributed by atoms with van der Waals surface area (Å²) < 4.78 is 0. The largest absolute Gasteiger partial charge is 0.311 e. The number of hydrogen-bond acceptors (Lipinski definition) is 4. The van der Waals surface area contributed by atoms with Crippen molar-refractivity contribution in [2.45, 2.75) is 0 Å². The number of para-hydroxylation sites is 6. The van der Waals surface area contributed by atoms with Gasteiger partial charge in [-0.1, -0.05) is 133 Å². The molecule has 10 rings (SSSR count). The Labute approximate surface area is 364 Å². The maximum Gasteiger partial charge on any atom is 0.0540 e. The number of anilines is 12. The molecule has 0 bridgehead atoms. The van der Waals surface area contributed by atoms with Crippen LogP contribution in [-0.4, -0.2) is 0 Å². The molecule has 0 spiro atoms. The van der Waals surface area contributed by atoms with Gasteiger partial charge in [0, 0.05) is 67.6 Å². The minimum Gasteiger partial charge on any atom is -0.311 e. The van der Waals surface area contributed by atoms with Crippen molar-refractivity contribution >= 4 is 79.0 Å². The van der Waals surface area contributed by atoms with Crippen molar-refractivity contribution < 1.29 is 0 Å². The lowest BCUT2D eigenvalue weighted by Crippen LogP contribution is -2.13. The van der Waals surface area contributed by atoms with E-state index in [1.54, 1.807) is 0 Å². The molecule has 0 aliphatic rings. The molecule has 296 valence electrons. The maximum absolute atomic E-state index is 2.37. The van der Waals surface area contributed by atoms with Gasteiger partial charge in [0.25, 0.3) is 0 Å². The van der Waals surface area contributed by atoms with Crippen LogP contribution in [0.3, 0.4) is 0 Å². The van der Waals surface area contributed by atoms with E-state index in [0.717, 1.165) is 79.0 Å². The van der Waals surface area contributed by atoms with Crippen molar-refractivity contribution in [3.63, 3.8) is 0 Å². The molecule has 62 heavy (non-hydrogen) atoms. The predicted molar refractivity (Wildman–Crippen MR) is 263 cm³/mol. The molecule has 0 saturated heterocycles. The van der Waals surface area contributed by atoms with Gasteiger partial charge in [0.05, 0.1) is 11.4 Å². The lowest BCUT2D eigenvalue weighted by molar-refractivity contribution is 1.26. The van der Waals surface area contributed by atoms with Gasteiger partial charge in [-0.2, -0.15) is 0 Å². The Morgan fingerprint density at radius 2 is 0.339 bits per heavy atom. The molecule has 0 unspecified atom stereocenters. The van der Waals surface area contributed by atoms with Crippen LogP contribution in [0.2, 0.25) is 0 Å². The first-order valence-electron chi connectivity index (χ1n) is 21.0. The van der Waals surface area contributed by atoms with Crippen molar-refractivity contribution in [2.75, 3.05) is 19.6 Å². The Hall–Kier alpha value is -8.34. The highest BCUT2D eigenvalue weighted by Crippen LogP contribution is 2.46. The Bertz CT molecular complexity index is 2690. The standard InChI is InChI=1S/C58H44N4/c1-7-21-45(22-8-1)59(46-23-9-2-10-24-46)51-37-41-53(42-38-51)61(49-29-15-5-16-30-49)57-35-19-34-56-55(57)33-20-36-58(56)62(50-31-17-6-18-32-50)54-43-39-52(40-44-54)60(47-25-11-3-12-26-47)48-27-13-4-14-28-48/h1-44H. The van der Waals surface area contributed by atoms with Gasteiger partial charge >= 0.3 is 0 Å². The lowest BCUT2D eigenvalue weighted by atomic mass is 10.0. The average molecular weight is 797 g/mol. The normalized spacial score (nSPS) is 10.9. The first-order valence-corrected chi connectivity index (χ1v) is 21.0. The Balaban J connectivity index is 1.07. The summed E-state index contributed by atoms with van der Waals surface area (Å²) >= 11 is 0. The topological polar surface area (TPSA) is 13.0 Å². The second kappa shape index (κ2) is 17.5. The highest BCUT2D eigenvalue weighted by atomic mass is 15.2. The molecule has 0 amide bonds. The molecule has 0 saturated carbocycles. The smallest absolute Gasteiger partial charge is 0.0540 e. The van der Waals surface area contributed by atoms with Gasteiger partial charge in [0.1, 0.15) is 0 Å². The molecule has 0 N–H and O–H groups in total. The van der Waals surface area contributed by atoms with Gasteiger partial charge in [0.15, 0.2) is 0 Å². The summed E-state index contributed by atoms with van der Waals surface area (Å²) in [6.45, 7) is 0. The fraction of sp³-hybridized carbons (Fsp3) is 0. The molecule has 0 atom stereocenters. The van der Waals surface area contributed by atoms with Crippen molar-refractivity contribution in [3.05, 3.63) is 267 Å². The summed E-state index contributed by atoms with van der Waals surface area (Å²) in [4.78, 5) is 9.34. The Morgan fingerprint density at radius 3 is 0.581 bits per heavy atom. The zero-order chi connectivity index (χ0) is 41.5. The van der Waals surface area contributed by atoms with Crippen LogP contribution in [-0.2, 0) is 0 Å². The quantitative estimate of drug-likeness (QED) is 0.122. The molecular formula is C58H44N4. The van der Waals surface area contributed by atoms with Crippen LogP contribution >= 0.6 is 0 Å². The molecule has 0 aliphatic heterocycles. The van der Waals surface area contributed by atoms with E-state index in [1.807, 2.05) is 0 Å². The third-order valence-electron chi connectivity index (χ3n) is 11.2. The molecule has 0 aliphatic carbocycles.